The van der Waals surface area contributed by atoms with Crippen molar-refractivity contribution in [2.24, 2.45) is 62.6 Å². The third kappa shape index (κ3) is 3.76. The van der Waals surface area contributed by atoms with Crippen LogP contribution in [0.15, 0.2) is 24.3 Å². The van der Waals surface area contributed by atoms with E-state index in [1.165, 1.54) is 37.7 Å². The lowest BCUT2D eigenvalue weighted by molar-refractivity contribution is -0.241. The van der Waals surface area contributed by atoms with Gasteiger partial charge in [-0.2, -0.15) is 0 Å². The monoisotopic (exact) mass is 562 g/mol. The van der Waals surface area contributed by atoms with Crippen LogP contribution in [-0.2, 0) is 4.79 Å². The highest BCUT2D eigenvalue weighted by Crippen LogP contribution is 2.78. The SMILES string of the molecule is CC(C)C1CCC2(C(=O)O)CCC3(C)C(CCC4C5(C)CCC(c6ccc(C(=O)O)cc6)C(C)(C)C5CCC43C)C12. The molecule has 41 heavy (non-hydrogen) atoms. The standard InChI is InChI=1S/C37H54O4/c1-22(2)25-14-19-37(32(40)41)21-20-35(6)27(30(25)37)12-13-29-34(5)17-15-26(23-8-10-24(11-9-23)31(38)39)33(3,4)28(34)16-18-36(29,35)7/h8-11,22,25-30H,12-21H2,1-7H3,(H,38,39)(H,40,41). The molecule has 6 rings (SSSR count). The smallest absolute Gasteiger partial charge is 0.335 e. The largest absolute Gasteiger partial charge is 0.481 e. The third-order valence-electron chi connectivity index (χ3n) is 15.4. The first-order valence-electron chi connectivity index (χ1n) is 16.7. The molecule has 5 saturated carbocycles. The van der Waals surface area contributed by atoms with Gasteiger partial charge in [-0.1, -0.05) is 60.6 Å². The summed E-state index contributed by atoms with van der Waals surface area (Å²) < 4.78 is 0. The van der Waals surface area contributed by atoms with E-state index in [4.69, 9.17) is 0 Å². The fraction of sp³-hybridized carbons (Fsp3) is 0.784. The van der Waals surface area contributed by atoms with Crippen LogP contribution in [-0.4, -0.2) is 22.2 Å². The number of aromatic carboxylic acids is 1. The predicted octanol–water partition coefficient (Wildman–Crippen LogP) is 9.29. The molecule has 5 aliphatic rings. The van der Waals surface area contributed by atoms with Crippen molar-refractivity contribution in [3.8, 4) is 0 Å². The van der Waals surface area contributed by atoms with Gasteiger partial charge in [-0.25, -0.2) is 4.79 Å². The van der Waals surface area contributed by atoms with Crippen LogP contribution in [0.3, 0.4) is 0 Å². The van der Waals surface area contributed by atoms with Crippen molar-refractivity contribution in [3.63, 3.8) is 0 Å². The van der Waals surface area contributed by atoms with Crippen molar-refractivity contribution in [3.05, 3.63) is 35.4 Å². The number of hydrogen-bond acceptors (Lipinski definition) is 2. The molecule has 1 aromatic rings. The molecule has 0 bridgehead atoms. The van der Waals surface area contributed by atoms with Gasteiger partial charge in [-0.05, 0) is 145 Å². The zero-order valence-corrected chi connectivity index (χ0v) is 26.6. The highest BCUT2D eigenvalue weighted by molar-refractivity contribution is 5.87. The Hall–Kier alpha value is -1.84. The summed E-state index contributed by atoms with van der Waals surface area (Å²) in [5, 5.41) is 20.1. The van der Waals surface area contributed by atoms with Crippen molar-refractivity contribution < 1.29 is 19.8 Å². The maximum Gasteiger partial charge on any atom is 0.335 e. The Labute approximate surface area is 248 Å². The van der Waals surface area contributed by atoms with Gasteiger partial charge in [0.1, 0.15) is 0 Å². The van der Waals surface area contributed by atoms with Gasteiger partial charge in [0.2, 0.25) is 0 Å². The zero-order chi connectivity index (χ0) is 29.8. The Morgan fingerprint density at radius 2 is 1.44 bits per heavy atom. The lowest BCUT2D eigenvalue weighted by Gasteiger charge is -2.73. The van der Waals surface area contributed by atoms with Gasteiger partial charge in [-0.15, -0.1) is 0 Å². The van der Waals surface area contributed by atoms with Gasteiger partial charge < -0.3 is 10.2 Å². The second-order valence-corrected chi connectivity index (χ2v) is 16.9. The fourth-order valence-corrected chi connectivity index (χ4v) is 13.2. The van der Waals surface area contributed by atoms with E-state index in [9.17, 15) is 19.8 Å². The minimum Gasteiger partial charge on any atom is -0.481 e. The van der Waals surface area contributed by atoms with E-state index in [1.807, 2.05) is 0 Å². The molecule has 4 nitrogen and oxygen atoms in total. The number of carboxylic acids is 2. The maximum atomic E-state index is 12.9. The molecule has 5 fully saturated rings. The van der Waals surface area contributed by atoms with Crippen molar-refractivity contribution in [1.82, 2.24) is 0 Å². The van der Waals surface area contributed by atoms with Crippen molar-refractivity contribution >= 4 is 11.9 Å². The summed E-state index contributed by atoms with van der Waals surface area (Å²) in [6, 6.07) is 7.72. The molecule has 0 amide bonds. The second-order valence-electron chi connectivity index (χ2n) is 16.9. The minimum absolute atomic E-state index is 0.135. The Balaban J connectivity index is 1.33. The molecule has 0 heterocycles. The molecular weight excluding hydrogens is 508 g/mol. The summed E-state index contributed by atoms with van der Waals surface area (Å²) in [6.07, 6.45) is 11.2. The first-order valence-corrected chi connectivity index (χ1v) is 16.7. The van der Waals surface area contributed by atoms with Crippen LogP contribution in [0.5, 0.6) is 0 Å². The lowest BCUT2D eigenvalue weighted by atomic mass is 9.31. The molecule has 1 aromatic carbocycles. The van der Waals surface area contributed by atoms with Crippen LogP contribution < -0.4 is 0 Å². The number of carboxylic acid groups (broad SMARTS) is 2. The molecule has 2 N–H and O–H groups in total. The lowest BCUT2D eigenvalue weighted by Crippen LogP contribution is -2.66. The molecule has 4 heteroatoms. The Bertz CT molecular complexity index is 1220. The van der Waals surface area contributed by atoms with Crippen molar-refractivity contribution in [2.75, 3.05) is 0 Å². The normalized spacial score (nSPS) is 46.6. The van der Waals surface area contributed by atoms with E-state index in [1.54, 1.807) is 12.1 Å². The average molecular weight is 563 g/mol. The summed E-state index contributed by atoms with van der Waals surface area (Å²) in [5.74, 6) is 2.28. The molecule has 226 valence electrons. The van der Waals surface area contributed by atoms with Crippen molar-refractivity contribution in [2.45, 2.75) is 119 Å². The Kier molecular flexibility index (Phi) is 6.65. The van der Waals surface area contributed by atoms with Gasteiger partial charge in [0, 0.05) is 0 Å². The molecule has 0 radical (unpaired) electrons. The Morgan fingerprint density at radius 3 is 2.05 bits per heavy atom. The van der Waals surface area contributed by atoms with Crippen LogP contribution in [0.4, 0.5) is 0 Å². The maximum absolute atomic E-state index is 12.9. The summed E-state index contributed by atoms with van der Waals surface area (Å²) >= 11 is 0. The molecule has 0 spiro atoms. The minimum atomic E-state index is -0.858. The summed E-state index contributed by atoms with van der Waals surface area (Å²) in [5.41, 5.74) is 2.00. The summed E-state index contributed by atoms with van der Waals surface area (Å²) in [7, 11) is 0. The van der Waals surface area contributed by atoms with Crippen LogP contribution in [0.25, 0.3) is 0 Å². The van der Waals surface area contributed by atoms with Crippen LogP contribution in [0.1, 0.15) is 135 Å². The van der Waals surface area contributed by atoms with E-state index in [2.05, 4.69) is 60.6 Å². The highest BCUT2D eigenvalue weighted by atomic mass is 16.4. The van der Waals surface area contributed by atoms with Crippen molar-refractivity contribution in [1.29, 1.82) is 0 Å². The first kappa shape index (κ1) is 29.2. The van der Waals surface area contributed by atoms with Gasteiger partial charge in [0.25, 0.3) is 0 Å². The molecule has 0 saturated heterocycles. The van der Waals surface area contributed by atoms with E-state index in [0.29, 0.717) is 47.0 Å². The summed E-state index contributed by atoms with van der Waals surface area (Å²) in [6.45, 7) is 17.5. The number of benzene rings is 1. The van der Waals surface area contributed by atoms with Gasteiger partial charge in [0.15, 0.2) is 0 Å². The molecule has 0 aromatic heterocycles. The molecule has 10 atom stereocenters. The van der Waals surface area contributed by atoms with E-state index in [-0.39, 0.29) is 21.7 Å². The quantitative estimate of drug-likeness (QED) is 0.383. The molecule has 5 aliphatic carbocycles. The molecule has 10 unspecified atom stereocenters. The molecular formula is C37H54O4. The van der Waals surface area contributed by atoms with Gasteiger partial charge in [-0.3, -0.25) is 4.79 Å². The van der Waals surface area contributed by atoms with E-state index >= 15 is 0 Å². The third-order valence-corrected chi connectivity index (χ3v) is 15.4. The number of hydrogen-bond donors (Lipinski definition) is 2. The van der Waals surface area contributed by atoms with E-state index < -0.39 is 17.4 Å². The predicted molar refractivity (Wildman–Crippen MR) is 163 cm³/mol. The molecule has 0 aliphatic heterocycles. The van der Waals surface area contributed by atoms with Crippen LogP contribution in [0, 0.1) is 62.6 Å². The zero-order valence-electron chi connectivity index (χ0n) is 26.6. The fourth-order valence-electron chi connectivity index (χ4n) is 13.2. The summed E-state index contributed by atoms with van der Waals surface area (Å²) in [4.78, 5) is 24.4. The van der Waals surface area contributed by atoms with E-state index in [0.717, 1.165) is 32.1 Å². The highest BCUT2D eigenvalue weighted by Gasteiger charge is 2.72. The topological polar surface area (TPSA) is 74.6 Å². The number of aliphatic carboxylic acids is 1. The first-order chi connectivity index (χ1) is 19.1. The average Bonchev–Trinajstić information content (AvgIpc) is 3.30. The number of fused-ring (bicyclic) bond motifs is 7. The Morgan fingerprint density at radius 1 is 0.756 bits per heavy atom. The van der Waals surface area contributed by atoms with Gasteiger partial charge >= 0.3 is 11.9 Å². The van der Waals surface area contributed by atoms with Crippen LogP contribution >= 0.6 is 0 Å². The second kappa shape index (κ2) is 9.33. The number of rotatable bonds is 4. The van der Waals surface area contributed by atoms with Crippen LogP contribution in [0.2, 0.25) is 0 Å². The number of carbonyl (C=O) groups is 2. The van der Waals surface area contributed by atoms with Gasteiger partial charge in [0.05, 0.1) is 11.0 Å².